The van der Waals surface area contributed by atoms with Crippen molar-refractivity contribution in [3.63, 3.8) is 0 Å². The summed E-state index contributed by atoms with van der Waals surface area (Å²) in [5.74, 6) is 1.08. The average molecular weight is 288 g/mol. The minimum absolute atomic E-state index is 0.519. The Bertz CT molecular complexity index is 752. The maximum absolute atomic E-state index is 2.48. The molecule has 0 amide bonds. The molecule has 0 fully saturated rings. The van der Waals surface area contributed by atoms with Gasteiger partial charge in [-0.3, -0.25) is 0 Å². The molecule has 0 heterocycles. The van der Waals surface area contributed by atoms with Crippen LogP contribution in [0, 0.1) is 0 Å². The third-order valence-electron chi connectivity index (χ3n) is 4.88. The lowest BCUT2D eigenvalue weighted by atomic mass is 9.84. The normalized spacial score (nSPS) is 22.3. The fourth-order valence-electron chi connectivity index (χ4n) is 3.87. The van der Waals surface area contributed by atoms with Crippen LogP contribution in [0.15, 0.2) is 59.8 Å². The van der Waals surface area contributed by atoms with E-state index < -0.39 is 8.80 Å². The van der Waals surface area contributed by atoms with E-state index in [0.29, 0.717) is 11.8 Å². The van der Waals surface area contributed by atoms with E-state index in [-0.39, 0.29) is 0 Å². The number of allylic oxidation sites excluding steroid dienone is 2. The summed E-state index contributed by atoms with van der Waals surface area (Å²) in [5, 5.41) is 1.71. The van der Waals surface area contributed by atoms with Crippen LogP contribution < -0.4 is 0 Å². The van der Waals surface area contributed by atoms with E-state index >= 15 is 0 Å². The highest BCUT2D eigenvalue weighted by molar-refractivity contribution is 6.65. The zero-order valence-corrected chi connectivity index (χ0v) is 13.7. The van der Waals surface area contributed by atoms with Gasteiger partial charge < -0.3 is 0 Å². The summed E-state index contributed by atoms with van der Waals surface area (Å²) in [4.78, 5) is 0. The molecule has 2 aromatic rings. The van der Waals surface area contributed by atoms with E-state index in [1.807, 2.05) is 0 Å². The molecule has 0 nitrogen and oxygen atoms in total. The number of benzene rings is 2. The van der Waals surface area contributed by atoms with E-state index in [2.05, 4.69) is 79.9 Å². The summed E-state index contributed by atoms with van der Waals surface area (Å²) < 4.78 is 0. The summed E-state index contributed by atoms with van der Waals surface area (Å²) in [6.45, 7) is 4.91. The third kappa shape index (κ3) is 1.96. The lowest BCUT2D eigenvalue weighted by molar-refractivity contribution is 0.745. The maximum atomic E-state index is 2.48. The molecule has 2 atom stereocenters. The standard InChI is InChI=1S/C20H20Si/c1-21(2)19-13-15-8-4-6-10-17(15)20(19)18-12-11-14-7-3-5-9-16(14)18/h3-13,18,20-21H,1-2H3. The Labute approximate surface area is 128 Å². The first kappa shape index (κ1) is 12.8. The zero-order chi connectivity index (χ0) is 14.4. The van der Waals surface area contributed by atoms with Crippen LogP contribution in [0.1, 0.15) is 34.1 Å². The quantitative estimate of drug-likeness (QED) is 0.682. The Morgan fingerprint density at radius 3 is 2.24 bits per heavy atom. The Kier molecular flexibility index (Phi) is 2.97. The van der Waals surface area contributed by atoms with Crippen molar-refractivity contribution in [2.24, 2.45) is 0 Å². The van der Waals surface area contributed by atoms with Gasteiger partial charge in [0.25, 0.3) is 0 Å². The predicted octanol–water partition coefficient (Wildman–Crippen LogP) is 5.00. The van der Waals surface area contributed by atoms with Gasteiger partial charge in [-0.15, -0.1) is 0 Å². The smallest absolute Gasteiger partial charge is 0.0604 e. The minimum atomic E-state index is -0.811. The maximum Gasteiger partial charge on any atom is 0.0604 e. The number of hydrogen-bond donors (Lipinski definition) is 0. The Morgan fingerprint density at radius 1 is 0.810 bits per heavy atom. The van der Waals surface area contributed by atoms with Crippen molar-refractivity contribution in [1.29, 1.82) is 0 Å². The fraction of sp³-hybridized carbons (Fsp3) is 0.200. The molecule has 1 heteroatoms. The van der Waals surface area contributed by atoms with Crippen molar-refractivity contribution in [3.05, 3.63) is 82.1 Å². The topological polar surface area (TPSA) is 0 Å². The molecule has 0 bridgehead atoms. The van der Waals surface area contributed by atoms with Gasteiger partial charge in [0.15, 0.2) is 0 Å². The van der Waals surface area contributed by atoms with Gasteiger partial charge in [0, 0.05) is 11.8 Å². The van der Waals surface area contributed by atoms with Gasteiger partial charge in [0.05, 0.1) is 8.80 Å². The van der Waals surface area contributed by atoms with Crippen LogP contribution in [-0.2, 0) is 0 Å². The van der Waals surface area contributed by atoms with Crippen LogP contribution in [0.4, 0.5) is 0 Å². The van der Waals surface area contributed by atoms with Crippen LogP contribution in [0.2, 0.25) is 13.1 Å². The predicted molar refractivity (Wildman–Crippen MR) is 94.3 cm³/mol. The van der Waals surface area contributed by atoms with Gasteiger partial charge in [-0.1, -0.05) is 85.0 Å². The van der Waals surface area contributed by atoms with E-state index in [1.165, 1.54) is 22.3 Å². The molecule has 0 saturated carbocycles. The zero-order valence-electron chi connectivity index (χ0n) is 12.6. The van der Waals surface area contributed by atoms with Crippen LogP contribution in [0.3, 0.4) is 0 Å². The van der Waals surface area contributed by atoms with Gasteiger partial charge in [-0.2, -0.15) is 0 Å². The van der Waals surface area contributed by atoms with Gasteiger partial charge in [-0.05, 0) is 22.3 Å². The molecule has 0 spiro atoms. The summed E-state index contributed by atoms with van der Waals surface area (Å²) in [6.07, 6.45) is 7.20. The van der Waals surface area contributed by atoms with E-state index in [4.69, 9.17) is 0 Å². The second-order valence-electron chi connectivity index (χ2n) is 6.42. The first-order valence-electron chi connectivity index (χ1n) is 7.83. The Morgan fingerprint density at radius 2 is 1.48 bits per heavy atom. The van der Waals surface area contributed by atoms with Crippen molar-refractivity contribution >= 4 is 20.9 Å². The molecule has 104 valence electrons. The van der Waals surface area contributed by atoms with Crippen LogP contribution in [-0.4, -0.2) is 8.80 Å². The molecule has 0 radical (unpaired) electrons. The van der Waals surface area contributed by atoms with E-state index in [0.717, 1.165) is 0 Å². The summed E-state index contributed by atoms with van der Waals surface area (Å²) in [7, 11) is -0.811. The van der Waals surface area contributed by atoms with Gasteiger partial charge in [-0.25, -0.2) is 0 Å². The van der Waals surface area contributed by atoms with E-state index in [1.54, 1.807) is 5.20 Å². The van der Waals surface area contributed by atoms with Gasteiger partial charge in [0.1, 0.15) is 0 Å². The van der Waals surface area contributed by atoms with Crippen molar-refractivity contribution in [1.82, 2.24) is 0 Å². The summed E-state index contributed by atoms with van der Waals surface area (Å²) >= 11 is 0. The number of hydrogen-bond acceptors (Lipinski definition) is 0. The second kappa shape index (κ2) is 4.85. The molecule has 2 aliphatic carbocycles. The Hall–Kier alpha value is -1.86. The van der Waals surface area contributed by atoms with E-state index in [9.17, 15) is 0 Å². The number of fused-ring (bicyclic) bond motifs is 2. The van der Waals surface area contributed by atoms with Crippen LogP contribution in [0.5, 0.6) is 0 Å². The van der Waals surface area contributed by atoms with Crippen molar-refractivity contribution in [3.8, 4) is 0 Å². The van der Waals surface area contributed by atoms with Crippen molar-refractivity contribution in [2.45, 2.75) is 24.9 Å². The molecule has 4 rings (SSSR count). The molecule has 21 heavy (non-hydrogen) atoms. The molecule has 2 unspecified atom stereocenters. The second-order valence-corrected chi connectivity index (χ2v) is 9.40. The van der Waals surface area contributed by atoms with Gasteiger partial charge in [0.2, 0.25) is 0 Å². The van der Waals surface area contributed by atoms with Crippen LogP contribution in [0.25, 0.3) is 12.2 Å². The largest absolute Gasteiger partial charge is 0.0758 e. The highest BCUT2D eigenvalue weighted by Crippen LogP contribution is 2.49. The first-order valence-corrected chi connectivity index (χ1v) is 10.7. The summed E-state index contributed by atoms with van der Waals surface area (Å²) in [6, 6.07) is 17.8. The Balaban J connectivity index is 1.85. The molecular weight excluding hydrogens is 268 g/mol. The molecule has 0 aliphatic heterocycles. The molecule has 2 aromatic carbocycles. The summed E-state index contributed by atoms with van der Waals surface area (Å²) in [5.41, 5.74) is 5.87. The molecule has 0 saturated heterocycles. The number of rotatable bonds is 2. The third-order valence-corrected chi connectivity index (χ3v) is 6.74. The monoisotopic (exact) mass is 288 g/mol. The highest BCUT2D eigenvalue weighted by Gasteiger charge is 2.35. The molecule has 0 aromatic heterocycles. The highest BCUT2D eigenvalue weighted by atomic mass is 28.3. The lowest BCUT2D eigenvalue weighted by Gasteiger charge is -2.25. The molecule has 2 aliphatic rings. The molecule has 0 N–H and O–H groups in total. The lowest BCUT2D eigenvalue weighted by Crippen LogP contribution is -2.16. The van der Waals surface area contributed by atoms with Crippen molar-refractivity contribution < 1.29 is 0 Å². The van der Waals surface area contributed by atoms with Crippen molar-refractivity contribution in [2.75, 3.05) is 0 Å². The van der Waals surface area contributed by atoms with Gasteiger partial charge >= 0.3 is 0 Å². The fourth-order valence-corrected chi connectivity index (χ4v) is 5.49. The SMILES string of the molecule is C[SiH](C)C1=Cc2ccccc2C1C1C=Cc2ccccc21. The average Bonchev–Trinajstić information content (AvgIpc) is 3.07. The minimum Gasteiger partial charge on any atom is -0.0758 e. The molecular formula is C20H20Si. The first-order chi connectivity index (χ1) is 10.3. The van der Waals surface area contributed by atoms with Crippen LogP contribution >= 0.6 is 0 Å².